The van der Waals surface area contributed by atoms with E-state index in [4.69, 9.17) is 4.74 Å². The van der Waals surface area contributed by atoms with Crippen LogP contribution < -0.4 is 4.74 Å². The number of aromatic nitrogens is 3. The highest BCUT2D eigenvalue weighted by molar-refractivity contribution is 5.84. The maximum absolute atomic E-state index is 12.4. The monoisotopic (exact) mass is 384 g/mol. The van der Waals surface area contributed by atoms with Gasteiger partial charge in [-0.15, -0.1) is 5.10 Å². The molecule has 1 fully saturated rings. The van der Waals surface area contributed by atoms with E-state index in [1.807, 2.05) is 77.6 Å². The molecule has 0 N–H and O–H groups in total. The van der Waals surface area contributed by atoms with E-state index < -0.39 is 0 Å². The SMILES string of the molecule is O=C(COc1ccc2ccccc2c1)N1CC(n2cc(-c3ccccc3)nn2)C1. The first-order chi connectivity index (χ1) is 14.3. The largest absolute Gasteiger partial charge is 0.484 e. The minimum atomic E-state index is -0.0159. The maximum atomic E-state index is 12.4. The lowest BCUT2D eigenvalue weighted by Gasteiger charge is -2.38. The van der Waals surface area contributed by atoms with Crippen molar-refractivity contribution in [3.05, 3.63) is 79.0 Å². The number of ether oxygens (including phenoxy) is 1. The summed E-state index contributed by atoms with van der Waals surface area (Å²) in [6, 6.07) is 24.1. The Bertz CT molecular complexity index is 1150. The number of nitrogens with zero attached hydrogens (tertiary/aromatic N) is 4. The molecular formula is C23H20N4O2. The van der Waals surface area contributed by atoms with Crippen molar-refractivity contribution in [3.8, 4) is 17.0 Å². The topological polar surface area (TPSA) is 60.2 Å². The Morgan fingerprint density at radius 3 is 2.55 bits per heavy atom. The van der Waals surface area contributed by atoms with Crippen molar-refractivity contribution >= 4 is 16.7 Å². The normalized spacial score (nSPS) is 14.0. The van der Waals surface area contributed by atoms with E-state index in [2.05, 4.69) is 16.4 Å². The molecule has 0 atom stereocenters. The summed E-state index contributed by atoms with van der Waals surface area (Å²) in [5.41, 5.74) is 1.88. The molecular weight excluding hydrogens is 364 g/mol. The van der Waals surface area contributed by atoms with Gasteiger partial charge in [-0.05, 0) is 22.9 Å². The fraction of sp³-hybridized carbons (Fsp3) is 0.174. The molecule has 6 heteroatoms. The molecule has 0 spiro atoms. The Morgan fingerprint density at radius 1 is 0.966 bits per heavy atom. The van der Waals surface area contributed by atoms with Gasteiger partial charge in [-0.25, -0.2) is 4.68 Å². The van der Waals surface area contributed by atoms with E-state index in [0.717, 1.165) is 22.0 Å². The smallest absolute Gasteiger partial charge is 0.260 e. The first-order valence-electron chi connectivity index (χ1n) is 9.63. The minimum Gasteiger partial charge on any atom is -0.484 e. The van der Waals surface area contributed by atoms with Crippen molar-refractivity contribution < 1.29 is 9.53 Å². The van der Waals surface area contributed by atoms with Crippen LogP contribution in [0.15, 0.2) is 79.0 Å². The van der Waals surface area contributed by atoms with Gasteiger partial charge in [-0.2, -0.15) is 0 Å². The fourth-order valence-corrected chi connectivity index (χ4v) is 3.52. The molecule has 1 aromatic heterocycles. The number of carbonyl (C=O) groups is 1. The molecule has 6 nitrogen and oxygen atoms in total. The first kappa shape index (κ1) is 17.4. The van der Waals surface area contributed by atoms with Crippen LogP contribution in [0.2, 0.25) is 0 Å². The second kappa shape index (κ2) is 7.39. The van der Waals surface area contributed by atoms with E-state index in [0.29, 0.717) is 18.8 Å². The average Bonchev–Trinajstić information content (AvgIpc) is 3.21. The van der Waals surface area contributed by atoms with Crippen LogP contribution in [0, 0.1) is 0 Å². The standard InChI is InChI=1S/C23H20N4O2/c28-23(16-29-21-11-10-17-6-4-5-9-19(17)12-21)26-13-20(14-26)27-15-22(24-25-27)18-7-2-1-3-8-18/h1-12,15,20H,13-14,16H2. The van der Waals surface area contributed by atoms with E-state index in [-0.39, 0.29) is 18.6 Å². The lowest BCUT2D eigenvalue weighted by atomic mass is 10.1. The number of carbonyl (C=O) groups excluding carboxylic acids is 1. The summed E-state index contributed by atoms with van der Waals surface area (Å²) in [6.45, 7) is 1.28. The highest BCUT2D eigenvalue weighted by Gasteiger charge is 2.33. The van der Waals surface area contributed by atoms with Crippen LogP contribution >= 0.6 is 0 Å². The predicted molar refractivity (Wildman–Crippen MR) is 111 cm³/mol. The molecule has 3 aromatic carbocycles. The number of benzene rings is 3. The van der Waals surface area contributed by atoms with Crippen LogP contribution in [0.25, 0.3) is 22.0 Å². The number of rotatable bonds is 5. The third-order valence-electron chi connectivity index (χ3n) is 5.25. The molecule has 1 aliphatic heterocycles. The Morgan fingerprint density at radius 2 is 1.72 bits per heavy atom. The summed E-state index contributed by atoms with van der Waals surface area (Å²) in [4.78, 5) is 14.2. The number of hydrogen-bond donors (Lipinski definition) is 0. The van der Waals surface area contributed by atoms with Crippen LogP contribution in [0.4, 0.5) is 0 Å². The number of hydrogen-bond acceptors (Lipinski definition) is 4. The molecule has 0 radical (unpaired) electrons. The molecule has 5 rings (SSSR count). The summed E-state index contributed by atoms with van der Waals surface area (Å²) in [6.07, 6.45) is 1.94. The summed E-state index contributed by atoms with van der Waals surface area (Å²) in [7, 11) is 0. The Balaban J connectivity index is 1.16. The van der Waals surface area contributed by atoms with Gasteiger partial charge in [0.2, 0.25) is 0 Å². The van der Waals surface area contributed by atoms with Crippen LogP contribution in [-0.2, 0) is 4.79 Å². The average molecular weight is 384 g/mol. The van der Waals surface area contributed by atoms with Crippen molar-refractivity contribution in [3.63, 3.8) is 0 Å². The van der Waals surface area contributed by atoms with Gasteiger partial charge in [0.15, 0.2) is 6.61 Å². The zero-order valence-corrected chi connectivity index (χ0v) is 15.8. The second-order valence-electron chi connectivity index (χ2n) is 7.20. The van der Waals surface area contributed by atoms with Gasteiger partial charge >= 0.3 is 0 Å². The molecule has 0 bridgehead atoms. The first-order valence-corrected chi connectivity index (χ1v) is 9.63. The fourth-order valence-electron chi connectivity index (χ4n) is 3.52. The van der Waals surface area contributed by atoms with Gasteiger partial charge in [0.1, 0.15) is 11.4 Å². The molecule has 29 heavy (non-hydrogen) atoms. The molecule has 0 aliphatic carbocycles. The Hall–Kier alpha value is -3.67. The van der Waals surface area contributed by atoms with Crippen LogP contribution in [0.5, 0.6) is 5.75 Å². The summed E-state index contributed by atoms with van der Waals surface area (Å²) < 4.78 is 7.55. The predicted octanol–water partition coefficient (Wildman–Crippen LogP) is 3.56. The molecule has 1 aliphatic rings. The molecule has 2 heterocycles. The molecule has 0 saturated carbocycles. The third-order valence-corrected chi connectivity index (χ3v) is 5.25. The van der Waals surface area contributed by atoms with Crippen molar-refractivity contribution in [2.45, 2.75) is 6.04 Å². The van der Waals surface area contributed by atoms with Crippen molar-refractivity contribution in [2.75, 3.05) is 19.7 Å². The van der Waals surface area contributed by atoms with Crippen LogP contribution in [-0.4, -0.2) is 45.5 Å². The molecule has 0 unspecified atom stereocenters. The minimum absolute atomic E-state index is 0.0159. The molecule has 1 amide bonds. The number of fused-ring (bicyclic) bond motifs is 1. The maximum Gasteiger partial charge on any atom is 0.260 e. The quantitative estimate of drug-likeness (QED) is 0.528. The molecule has 1 saturated heterocycles. The van der Waals surface area contributed by atoms with E-state index in [1.54, 1.807) is 4.90 Å². The Kier molecular flexibility index (Phi) is 4.44. The van der Waals surface area contributed by atoms with Crippen LogP contribution in [0.3, 0.4) is 0 Å². The lowest BCUT2D eigenvalue weighted by Crippen LogP contribution is -2.52. The zero-order chi connectivity index (χ0) is 19.6. The highest BCUT2D eigenvalue weighted by atomic mass is 16.5. The molecule has 144 valence electrons. The van der Waals surface area contributed by atoms with Crippen LogP contribution in [0.1, 0.15) is 6.04 Å². The van der Waals surface area contributed by atoms with Crippen molar-refractivity contribution in [1.29, 1.82) is 0 Å². The van der Waals surface area contributed by atoms with E-state index in [1.165, 1.54) is 0 Å². The van der Waals surface area contributed by atoms with Gasteiger partial charge in [-0.1, -0.05) is 65.9 Å². The lowest BCUT2D eigenvalue weighted by molar-refractivity contribution is -0.139. The van der Waals surface area contributed by atoms with Crippen molar-refractivity contribution in [2.24, 2.45) is 0 Å². The summed E-state index contributed by atoms with van der Waals surface area (Å²) in [5.74, 6) is 0.690. The Labute approximate surface area is 168 Å². The third kappa shape index (κ3) is 3.57. The van der Waals surface area contributed by atoms with E-state index in [9.17, 15) is 4.79 Å². The number of likely N-dealkylation sites (tertiary alicyclic amines) is 1. The van der Waals surface area contributed by atoms with Crippen molar-refractivity contribution in [1.82, 2.24) is 19.9 Å². The van der Waals surface area contributed by atoms with Gasteiger partial charge in [-0.3, -0.25) is 4.79 Å². The van der Waals surface area contributed by atoms with E-state index >= 15 is 0 Å². The summed E-state index contributed by atoms with van der Waals surface area (Å²) >= 11 is 0. The zero-order valence-electron chi connectivity index (χ0n) is 15.8. The second-order valence-corrected chi connectivity index (χ2v) is 7.20. The highest BCUT2D eigenvalue weighted by Crippen LogP contribution is 2.24. The van der Waals surface area contributed by atoms with Gasteiger partial charge in [0.05, 0.1) is 12.2 Å². The van der Waals surface area contributed by atoms with Gasteiger partial charge in [0, 0.05) is 18.7 Å². The van der Waals surface area contributed by atoms with Gasteiger partial charge in [0.25, 0.3) is 5.91 Å². The number of amides is 1. The summed E-state index contributed by atoms with van der Waals surface area (Å²) in [5, 5.41) is 10.7. The molecule has 4 aromatic rings. The van der Waals surface area contributed by atoms with Gasteiger partial charge < -0.3 is 9.64 Å².